The van der Waals surface area contributed by atoms with E-state index in [-0.39, 0.29) is 0 Å². The second-order valence-corrected chi connectivity index (χ2v) is 4.72. The van der Waals surface area contributed by atoms with Gasteiger partial charge < -0.3 is 4.57 Å². The third kappa shape index (κ3) is 2.94. The summed E-state index contributed by atoms with van der Waals surface area (Å²) < 4.78 is 2.08. The van der Waals surface area contributed by atoms with Gasteiger partial charge in [0, 0.05) is 24.5 Å². The molecule has 0 amide bonds. The van der Waals surface area contributed by atoms with Gasteiger partial charge in [0.1, 0.15) is 0 Å². The van der Waals surface area contributed by atoms with E-state index in [1.54, 1.807) is 12.4 Å². The van der Waals surface area contributed by atoms with Crippen LogP contribution >= 0.6 is 0 Å². The molecule has 99 valence electrons. The van der Waals surface area contributed by atoms with E-state index in [0.717, 1.165) is 30.6 Å². The molecular formula is C17H16N3. The van der Waals surface area contributed by atoms with E-state index in [1.165, 1.54) is 5.56 Å². The third-order valence-corrected chi connectivity index (χ3v) is 3.32. The Morgan fingerprint density at radius 2 is 1.80 bits per heavy atom. The molecule has 20 heavy (non-hydrogen) atoms. The second kappa shape index (κ2) is 6.15. The van der Waals surface area contributed by atoms with Crippen LogP contribution in [0.4, 0.5) is 0 Å². The highest BCUT2D eigenvalue weighted by Gasteiger charge is 2.05. The van der Waals surface area contributed by atoms with Crippen LogP contribution in [0.2, 0.25) is 0 Å². The Kier molecular flexibility index (Phi) is 3.88. The van der Waals surface area contributed by atoms with Crippen molar-refractivity contribution in [1.82, 2.24) is 14.5 Å². The summed E-state index contributed by atoms with van der Waals surface area (Å²) in [4.78, 5) is 8.19. The van der Waals surface area contributed by atoms with E-state index in [4.69, 9.17) is 0 Å². The van der Waals surface area contributed by atoms with Crippen molar-refractivity contribution < 1.29 is 0 Å². The van der Waals surface area contributed by atoms with E-state index in [0.29, 0.717) is 0 Å². The topological polar surface area (TPSA) is 30.7 Å². The number of aromatic nitrogens is 3. The zero-order valence-corrected chi connectivity index (χ0v) is 11.2. The molecule has 1 radical (unpaired) electrons. The molecule has 0 atom stereocenters. The van der Waals surface area contributed by atoms with Gasteiger partial charge in [-0.05, 0) is 30.5 Å². The van der Waals surface area contributed by atoms with Crippen molar-refractivity contribution in [3.63, 3.8) is 0 Å². The first-order chi connectivity index (χ1) is 9.93. The summed E-state index contributed by atoms with van der Waals surface area (Å²) in [5.74, 6) is 0. The molecule has 3 heteroatoms. The maximum Gasteiger partial charge on any atom is 0.176 e. The van der Waals surface area contributed by atoms with Gasteiger partial charge in [-0.3, -0.25) is 4.98 Å². The molecule has 3 rings (SSSR count). The molecule has 0 saturated heterocycles. The zero-order valence-electron chi connectivity index (χ0n) is 11.2. The Labute approximate surface area is 118 Å². The predicted octanol–water partition coefficient (Wildman–Crippen LogP) is 3.38. The lowest BCUT2D eigenvalue weighted by Crippen LogP contribution is -2.00. The number of pyridine rings is 1. The van der Waals surface area contributed by atoms with E-state index in [1.807, 2.05) is 18.3 Å². The SMILES string of the molecule is [c]1ncc(-c2ccncc2)n1CCCc1ccccc1. The smallest absolute Gasteiger partial charge is 0.176 e. The molecule has 0 fully saturated rings. The van der Waals surface area contributed by atoms with Crippen LogP contribution in [-0.2, 0) is 13.0 Å². The van der Waals surface area contributed by atoms with Crippen molar-refractivity contribution in [3.8, 4) is 11.3 Å². The fraction of sp³-hybridized carbons (Fsp3) is 0.176. The maximum atomic E-state index is 4.14. The molecule has 0 aliphatic rings. The number of aryl methyl sites for hydroxylation is 2. The van der Waals surface area contributed by atoms with Gasteiger partial charge in [-0.1, -0.05) is 30.3 Å². The molecule has 2 aromatic heterocycles. The minimum atomic E-state index is 0.923. The molecule has 0 N–H and O–H groups in total. The Morgan fingerprint density at radius 1 is 1.00 bits per heavy atom. The Morgan fingerprint density at radius 3 is 2.60 bits per heavy atom. The molecule has 0 unspecified atom stereocenters. The van der Waals surface area contributed by atoms with Crippen LogP contribution in [0.5, 0.6) is 0 Å². The predicted molar refractivity (Wildman–Crippen MR) is 79.1 cm³/mol. The van der Waals surface area contributed by atoms with Crippen molar-refractivity contribution in [2.45, 2.75) is 19.4 Å². The summed E-state index contributed by atoms with van der Waals surface area (Å²) in [5.41, 5.74) is 3.60. The Bertz CT molecular complexity index is 644. The summed E-state index contributed by atoms with van der Waals surface area (Å²) >= 11 is 0. The van der Waals surface area contributed by atoms with Crippen molar-refractivity contribution >= 4 is 0 Å². The number of rotatable bonds is 5. The quantitative estimate of drug-likeness (QED) is 0.705. The lowest BCUT2D eigenvalue weighted by atomic mass is 10.1. The van der Waals surface area contributed by atoms with Gasteiger partial charge in [0.25, 0.3) is 0 Å². The molecule has 0 bridgehead atoms. The second-order valence-electron chi connectivity index (χ2n) is 4.72. The van der Waals surface area contributed by atoms with Gasteiger partial charge >= 0.3 is 0 Å². The minimum absolute atomic E-state index is 0.923. The van der Waals surface area contributed by atoms with Gasteiger partial charge in [-0.15, -0.1) is 0 Å². The number of benzene rings is 1. The van der Waals surface area contributed by atoms with Crippen LogP contribution in [-0.4, -0.2) is 14.5 Å². The summed E-state index contributed by atoms with van der Waals surface area (Å²) in [5, 5.41) is 0. The van der Waals surface area contributed by atoms with Gasteiger partial charge in [-0.2, -0.15) is 0 Å². The molecule has 0 aliphatic heterocycles. The van der Waals surface area contributed by atoms with Crippen LogP contribution in [0.25, 0.3) is 11.3 Å². The van der Waals surface area contributed by atoms with Crippen molar-refractivity contribution in [2.75, 3.05) is 0 Å². The van der Waals surface area contributed by atoms with Crippen molar-refractivity contribution in [1.29, 1.82) is 0 Å². The first kappa shape index (κ1) is 12.6. The van der Waals surface area contributed by atoms with Gasteiger partial charge in [-0.25, -0.2) is 4.98 Å². The minimum Gasteiger partial charge on any atom is -0.321 e. The van der Waals surface area contributed by atoms with Crippen LogP contribution in [0.3, 0.4) is 0 Å². The molecule has 0 aliphatic carbocycles. The molecule has 3 nitrogen and oxygen atoms in total. The van der Waals surface area contributed by atoms with E-state index in [9.17, 15) is 0 Å². The van der Waals surface area contributed by atoms with Crippen molar-refractivity contribution in [3.05, 3.63) is 72.9 Å². The largest absolute Gasteiger partial charge is 0.321 e. The summed E-state index contributed by atoms with van der Waals surface area (Å²) in [6.07, 6.45) is 10.7. The summed E-state index contributed by atoms with van der Waals surface area (Å²) in [7, 11) is 0. The molecule has 3 aromatic rings. The number of hydrogen-bond donors (Lipinski definition) is 0. The molecule has 1 aromatic carbocycles. The maximum absolute atomic E-state index is 4.14. The number of imidazole rings is 1. The molecule has 0 spiro atoms. The van der Waals surface area contributed by atoms with E-state index >= 15 is 0 Å². The first-order valence-corrected chi connectivity index (χ1v) is 6.81. The summed E-state index contributed by atoms with van der Waals surface area (Å²) in [6.45, 7) is 0.923. The highest BCUT2D eigenvalue weighted by Crippen LogP contribution is 2.18. The normalized spacial score (nSPS) is 10.6. The fourth-order valence-corrected chi connectivity index (χ4v) is 2.29. The molecular weight excluding hydrogens is 246 g/mol. The van der Waals surface area contributed by atoms with Gasteiger partial charge in [0.2, 0.25) is 0 Å². The van der Waals surface area contributed by atoms with E-state index < -0.39 is 0 Å². The molecule has 0 saturated carbocycles. The monoisotopic (exact) mass is 262 g/mol. The van der Waals surface area contributed by atoms with E-state index in [2.05, 4.69) is 51.2 Å². The Hall–Kier alpha value is -2.42. The third-order valence-electron chi connectivity index (χ3n) is 3.32. The Balaban J connectivity index is 1.66. The average Bonchev–Trinajstić information content (AvgIpc) is 2.98. The number of nitrogens with zero attached hydrogens (tertiary/aromatic N) is 3. The van der Waals surface area contributed by atoms with Crippen LogP contribution in [0, 0.1) is 6.33 Å². The van der Waals surface area contributed by atoms with Gasteiger partial charge in [0.15, 0.2) is 6.33 Å². The van der Waals surface area contributed by atoms with Crippen LogP contribution in [0.1, 0.15) is 12.0 Å². The molecule has 2 heterocycles. The lowest BCUT2D eigenvalue weighted by Gasteiger charge is -2.07. The van der Waals surface area contributed by atoms with Crippen LogP contribution < -0.4 is 0 Å². The fourth-order valence-electron chi connectivity index (χ4n) is 2.29. The highest BCUT2D eigenvalue weighted by molar-refractivity contribution is 5.57. The van der Waals surface area contributed by atoms with Crippen LogP contribution in [0.15, 0.2) is 61.1 Å². The van der Waals surface area contributed by atoms with Crippen molar-refractivity contribution in [2.24, 2.45) is 0 Å². The zero-order chi connectivity index (χ0) is 13.6. The highest BCUT2D eigenvalue weighted by atomic mass is 15.0. The van der Waals surface area contributed by atoms with Gasteiger partial charge in [0.05, 0.1) is 11.9 Å². The first-order valence-electron chi connectivity index (χ1n) is 6.81. The number of hydrogen-bond acceptors (Lipinski definition) is 2. The average molecular weight is 262 g/mol. The standard InChI is InChI=1S/C17H16N3/c1-2-5-15(6-3-1)7-4-12-20-14-19-13-17(20)16-8-10-18-11-9-16/h1-3,5-6,8-11,13H,4,7,12H2. The summed E-state index contributed by atoms with van der Waals surface area (Å²) in [6, 6.07) is 14.6. The lowest BCUT2D eigenvalue weighted by molar-refractivity contribution is 0.643.